The molecule has 2 heterocycles. The Kier molecular flexibility index (Phi) is 3.12. The summed E-state index contributed by atoms with van der Waals surface area (Å²) in [5.74, 6) is 1.49. The molecule has 0 spiro atoms. The lowest BCUT2D eigenvalue weighted by Gasteiger charge is -2.21. The van der Waals surface area contributed by atoms with Crippen LogP contribution in [0, 0.1) is 6.92 Å². The number of rotatable bonds is 2. The molecule has 0 saturated carbocycles. The highest BCUT2D eigenvalue weighted by atomic mass is 15.6. The Balaban J connectivity index is 1.92. The van der Waals surface area contributed by atoms with Crippen LogP contribution < -0.4 is 16.2 Å². The maximum Gasteiger partial charge on any atom is 0.125 e. The van der Waals surface area contributed by atoms with E-state index in [2.05, 4.69) is 15.4 Å². The molecule has 1 aliphatic heterocycles. The van der Waals surface area contributed by atoms with Crippen LogP contribution in [0.1, 0.15) is 24.4 Å². The zero-order valence-corrected chi connectivity index (χ0v) is 11.5. The molecule has 0 saturated heterocycles. The fourth-order valence-corrected chi connectivity index (χ4v) is 2.29. The van der Waals surface area contributed by atoms with E-state index in [1.165, 1.54) is 0 Å². The molecule has 102 valence electrons. The minimum atomic E-state index is 0.0100. The Hall–Kier alpha value is -2.40. The second-order valence-corrected chi connectivity index (χ2v) is 4.86. The molecule has 1 aromatic carbocycles. The number of nitrogens with zero attached hydrogens (tertiary/aromatic N) is 3. The maximum absolute atomic E-state index is 6.21. The topological polar surface area (TPSA) is 67.1 Å². The van der Waals surface area contributed by atoms with Gasteiger partial charge < -0.3 is 5.73 Å². The first-order chi connectivity index (χ1) is 9.66. The van der Waals surface area contributed by atoms with Crippen LogP contribution in [0.25, 0.3) is 0 Å². The fraction of sp³-hybridized carbons (Fsp3) is 0.200. The summed E-state index contributed by atoms with van der Waals surface area (Å²) < 4.78 is 0. The molecule has 3 N–H and O–H groups in total. The third-order valence-electron chi connectivity index (χ3n) is 3.48. The van der Waals surface area contributed by atoms with Crippen molar-refractivity contribution < 1.29 is 0 Å². The number of aromatic nitrogens is 2. The maximum atomic E-state index is 6.21. The number of nitrogens with one attached hydrogen (secondary N) is 1. The summed E-state index contributed by atoms with van der Waals surface area (Å²) in [4.78, 5) is 8.50. The second kappa shape index (κ2) is 4.94. The number of anilines is 1. The number of para-hydroxylation sites is 1. The van der Waals surface area contributed by atoms with Crippen molar-refractivity contribution in [1.29, 1.82) is 0 Å². The van der Waals surface area contributed by atoms with Crippen LogP contribution in [0.5, 0.6) is 0 Å². The lowest BCUT2D eigenvalue weighted by molar-refractivity contribution is 0.640. The van der Waals surface area contributed by atoms with Crippen molar-refractivity contribution in [3.05, 3.63) is 65.5 Å². The van der Waals surface area contributed by atoms with Crippen molar-refractivity contribution in [3.8, 4) is 0 Å². The summed E-state index contributed by atoms with van der Waals surface area (Å²) in [7, 11) is 0. The van der Waals surface area contributed by atoms with Crippen LogP contribution in [0.2, 0.25) is 0 Å². The molecule has 5 heteroatoms. The second-order valence-electron chi connectivity index (χ2n) is 4.86. The minimum absolute atomic E-state index is 0.0100. The van der Waals surface area contributed by atoms with Gasteiger partial charge in [-0.25, -0.2) is 15.4 Å². The first kappa shape index (κ1) is 12.6. The van der Waals surface area contributed by atoms with Crippen LogP contribution >= 0.6 is 0 Å². The highest BCUT2D eigenvalue weighted by molar-refractivity contribution is 5.54. The SMILES string of the molecule is CC1=C(N)N(c2ccccc2)NC1c1cnc(C)nc1. The largest absolute Gasteiger partial charge is 0.384 e. The number of benzene rings is 1. The van der Waals surface area contributed by atoms with E-state index in [4.69, 9.17) is 5.73 Å². The highest BCUT2D eigenvalue weighted by Crippen LogP contribution is 2.31. The van der Waals surface area contributed by atoms with Crippen LogP contribution in [0.4, 0.5) is 5.69 Å². The molecule has 2 aromatic rings. The molecule has 1 unspecified atom stereocenters. The van der Waals surface area contributed by atoms with Crippen LogP contribution in [0.3, 0.4) is 0 Å². The van der Waals surface area contributed by atoms with Gasteiger partial charge in [0, 0.05) is 18.0 Å². The molecule has 0 amide bonds. The zero-order valence-electron chi connectivity index (χ0n) is 11.5. The van der Waals surface area contributed by atoms with Gasteiger partial charge in [-0.15, -0.1) is 0 Å². The van der Waals surface area contributed by atoms with E-state index in [9.17, 15) is 0 Å². The summed E-state index contributed by atoms with van der Waals surface area (Å²) in [5, 5.41) is 1.90. The quantitative estimate of drug-likeness (QED) is 0.871. The van der Waals surface area contributed by atoms with Crippen LogP contribution in [-0.4, -0.2) is 9.97 Å². The summed E-state index contributed by atoms with van der Waals surface area (Å²) in [6.07, 6.45) is 3.68. The van der Waals surface area contributed by atoms with E-state index >= 15 is 0 Å². The molecule has 0 radical (unpaired) electrons. The van der Waals surface area contributed by atoms with Gasteiger partial charge in [0.2, 0.25) is 0 Å². The number of hydrogen-bond acceptors (Lipinski definition) is 5. The molecule has 3 rings (SSSR count). The van der Waals surface area contributed by atoms with Gasteiger partial charge in [0.1, 0.15) is 11.6 Å². The lowest BCUT2D eigenvalue weighted by Crippen LogP contribution is -2.35. The summed E-state index contributed by atoms with van der Waals surface area (Å²) >= 11 is 0. The molecule has 1 aliphatic rings. The molecular formula is C15H17N5. The molecule has 1 aromatic heterocycles. The fourth-order valence-electron chi connectivity index (χ4n) is 2.29. The van der Waals surface area contributed by atoms with Gasteiger partial charge in [-0.2, -0.15) is 0 Å². The van der Waals surface area contributed by atoms with Gasteiger partial charge in [-0.05, 0) is 31.6 Å². The normalized spacial score (nSPS) is 18.7. The molecule has 1 atom stereocenters. The zero-order chi connectivity index (χ0) is 14.1. The third-order valence-corrected chi connectivity index (χ3v) is 3.48. The predicted octanol–water partition coefficient (Wildman–Crippen LogP) is 2.04. The summed E-state index contributed by atoms with van der Waals surface area (Å²) in [5.41, 5.74) is 12.7. The number of hydrazine groups is 1. The van der Waals surface area contributed by atoms with Gasteiger partial charge in [0.25, 0.3) is 0 Å². The van der Waals surface area contributed by atoms with Gasteiger partial charge in [-0.3, -0.25) is 5.01 Å². The van der Waals surface area contributed by atoms with Crippen molar-refractivity contribution in [2.45, 2.75) is 19.9 Å². The van der Waals surface area contributed by atoms with Crippen molar-refractivity contribution in [2.24, 2.45) is 5.73 Å². The smallest absolute Gasteiger partial charge is 0.125 e. The lowest BCUT2D eigenvalue weighted by atomic mass is 10.1. The average Bonchev–Trinajstić information content (AvgIpc) is 2.77. The minimum Gasteiger partial charge on any atom is -0.384 e. The summed E-state index contributed by atoms with van der Waals surface area (Å²) in [6, 6.07) is 10.00. The molecule has 0 aliphatic carbocycles. The number of nitrogens with two attached hydrogens (primary N) is 1. The molecule has 5 nitrogen and oxygen atoms in total. The number of aryl methyl sites for hydroxylation is 1. The van der Waals surface area contributed by atoms with E-state index in [-0.39, 0.29) is 6.04 Å². The van der Waals surface area contributed by atoms with Crippen LogP contribution in [-0.2, 0) is 0 Å². The third kappa shape index (κ3) is 2.12. The monoisotopic (exact) mass is 267 g/mol. The Morgan fingerprint density at radius 3 is 2.40 bits per heavy atom. The van der Waals surface area contributed by atoms with E-state index in [1.807, 2.05) is 61.6 Å². The van der Waals surface area contributed by atoms with Gasteiger partial charge >= 0.3 is 0 Å². The first-order valence-electron chi connectivity index (χ1n) is 6.53. The van der Waals surface area contributed by atoms with E-state index in [0.29, 0.717) is 0 Å². The Bertz CT molecular complexity index is 633. The Labute approximate surface area is 118 Å². The number of hydrogen-bond donors (Lipinski definition) is 2. The first-order valence-corrected chi connectivity index (χ1v) is 6.53. The van der Waals surface area contributed by atoms with E-state index in [0.717, 1.165) is 28.5 Å². The Morgan fingerprint density at radius 1 is 1.10 bits per heavy atom. The van der Waals surface area contributed by atoms with E-state index < -0.39 is 0 Å². The standard InChI is InChI=1S/C15H17N5/c1-10-14(12-8-17-11(2)18-9-12)19-20(15(10)16)13-6-4-3-5-7-13/h3-9,14,19H,16H2,1-2H3. The summed E-state index contributed by atoms with van der Waals surface area (Å²) in [6.45, 7) is 3.90. The van der Waals surface area contributed by atoms with Crippen molar-refractivity contribution in [1.82, 2.24) is 15.4 Å². The molecule has 0 fully saturated rings. The molecule has 20 heavy (non-hydrogen) atoms. The average molecular weight is 267 g/mol. The van der Waals surface area contributed by atoms with Crippen molar-refractivity contribution in [2.75, 3.05) is 5.01 Å². The van der Waals surface area contributed by atoms with E-state index in [1.54, 1.807) is 0 Å². The molecule has 0 bridgehead atoms. The Morgan fingerprint density at radius 2 is 1.75 bits per heavy atom. The predicted molar refractivity (Wildman–Crippen MR) is 78.5 cm³/mol. The van der Waals surface area contributed by atoms with Gasteiger partial charge in [0.15, 0.2) is 0 Å². The van der Waals surface area contributed by atoms with Crippen LogP contribution in [0.15, 0.2) is 54.1 Å². The van der Waals surface area contributed by atoms with Gasteiger partial charge in [-0.1, -0.05) is 18.2 Å². The highest BCUT2D eigenvalue weighted by Gasteiger charge is 2.29. The molecular weight excluding hydrogens is 250 g/mol. The van der Waals surface area contributed by atoms with Crippen molar-refractivity contribution >= 4 is 5.69 Å². The van der Waals surface area contributed by atoms with Gasteiger partial charge in [0.05, 0.1) is 11.7 Å². The van der Waals surface area contributed by atoms with Crippen molar-refractivity contribution in [3.63, 3.8) is 0 Å².